The molecule has 0 spiro atoms. The predicted molar refractivity (Wildman–Crippen MR) is 83.6 cm³/mol. The second kappa shape index (κ2) is 5.88. The average Bonchev–Trinajstić information content (AvgIpc) is 2.93. The van der Waals surface area contributed by atoms with Gasteiger partial charge in [0.15, 0.2) is 0 Å². The van der Waals surface area contributed by atoms with Crippen molar-refractivity contribution in [3.8, 4) is 0 Å². The zero-order valence-electron chi connectivity index (χ0n) is 10.8. The smallest absolute Gasteiger partial charge is 0.133 e. The van der Waals surface area contributed by atoms with E-state index < -0.39 is 0 Å². The van der Waals surface area contributed by atoms with Gasteiger partial charge < -0.3 is 10.6 Å². The van der Waals surface area contributed by atoms with Crippen molar-refractivity contribution in [3.05, 3.63) is 34.9 Å². The first-order valence-corrected chi connectivity index (χ1v) is 7.64. The van der Waals surface area contributed by atoms with Crippen molar-refractivity contribution < 1.29 is 0 Å². The van der Waals surface area contributed by atoms with Gasteiger partial charge in [-0.25, -0.2) is 4.98 Å². The summed E-state index contributed by atoms with van der Waals surface area (Å²) in [5, 5.41) is 9.38. The van der Waals surface area contributed by atoms with Crippen LogP contribution in [0.25, 0.3) is 10.8 Å². The van der Waals surface area contributed by atoms with Gasteiger partial charge in [-0.3, -0.25) is 0 Å². The summed E-state index contributed by atoms with van der Waals surface area (Å²) in [6.45, 7) is 2.14. The maximum atomic E-state index is 4.46. The molecular weight excluding hydrogens is 302 g/mol. The van der Waals surface area contributed by atoms with E-state index in [1.54, 1.807) is 0 Å². The first-order chi connectivity index (χ1) is 9.34. The molecule has 1 aliphatic heterocycles. The van der Waals surface area contributed by atoms with Crippen LogP contribution in [-0.4, -0.2) is 24.1 Å². The van der Waals surface area contributed by atoms with E-state index in [0.717, 1.165) is 23.3 Å². The maximum absolute atomic E-state index is 4.46. The second-order valence-corrected chi connectivity index (χ2v) is 5.86. The number of fused-ring (bicyclic) bond motifs is 1. The Morgan fingerprint density at radius 2 is 2.26 bits per heavy atom. The number of hydrogen-bond acceptors (Lipinski definition) is 3. The Bertz CT molecular complexity index is 564. The number of rotatable bonds is 4. The fourth-order valence-electron chi connectivity index (χ4n) is 2.68. The number of anilines is 1. The number of benzene rings is 1. The summed E-state index contributed by atoms with van der Waals surface area (Å²) in [5.41, 5.74) is 0. The molecule has 4 heteroatoms. The Hall–Kier alpha value is -1.13. The Kier molecular flexibility index (Phi) is 3.99. The molecule has 1 aliphatic rings. The van der Waals surface area contributed by atoms with E-state index in [-0.39, 0.29) is 0 Å². The molecule has 0 aliphatic carbocycles. The van der Waals surface area contributed by atoms with Gasteiger partial charge in [-0.15, -0.1) is 0 Å². The number of pyridine rings is 1. The molecule has 1 fully saturated rings. The van der Waals surface area contributed by atoms with Gasteiger partial charge in [0.05, 0.1) is 0 Å². The second-order valence-electron chi connectivity index (χ2n) is 5.00. The zero-order valence-corrected chi connectivity index (χ0v) is 12.4. The summed E-state index contributed by atoms with van der Waals surface area (Å²) in [7, 11) is 0. The van der Waals surface area contributed by atoms with Gasteiger partial charge in [-0.2, -0.15) is 0 Å². The maximum Gasteiger partial charge on any atom is 0.133 e. The highest BCUT2D eigenvalue weighted by molar-refractivity contribution is 9.10. The molecule has 1 aromatic heterocycles. The Morgan fingerprint density at radius 3 is 3.11 bits per heavy atom. The number of nitrogens with one attached hydrogen (secondary N) is 2. The highest BCUT2D eigenvalue weighted by Gasteiger charge is 2.13. The fraction of sp³-hybridized carbons (Fsp3) is 0.400. The number of halogens is 1. The van der Waals surface area contributed by atoms with Crippen LogP contribution in [0.1, 0.15) is 19.3 Å². The SMILES string of the molecule is Brc1cccc2c(NCCC3CCCN3)nccc12. The summed E-state index contributed by atoms with van der Waals surface area (Å²) in [4.78, 5) is 4.46. The van der Waals surface area contributed by atoms with Crippen LogP contribution in [-0.2, 0) is 0 Å². The summed E-state index contributed by atoms with van der Waals surface area (Å²) in [5.74, 6) is 0.983. The van der Waals surface area contributed by atoms with E-state index in [0.29, 0.717) is 6.04 Å². The summed E-state index contributed by atoms with van der Waals surface area (Å²) in [6, 6.07) is 8.95. The molecule has 0 saturated carbocycles. The number of aromatic nitrogens is 1. The normalized spacial score (nSPS) is 18.9. The molecule has 1 unspecified atom stereocenters. The third kappa shape index (κ3) is 2.90. The lowest BCUT2D eigenvalue weighted by Gasteiger charge is -2.12. The Morgan fingerprint density at radius 1 is 1.32 bits per heavy atom. The minimum Gasteiger partial charge on any atom is -0.370 e. The van der Waals surface area contributed by atoms with Gasteiger partial charge in [0.1, 0.15) is 5.82 Å². The van der Waals surface area contributed by atoms with Crippen LogP contribution < -0.4 is 10.6 Å². The topological polar surface area (TPSA) is 37.0 Å². The van der Waals surface area contributed by atoms with Crippen molar-refractivity contribution in [2.75, 3.05) is 18.4 Å². The molecule has 3 rings (SSSR count). The molecule has 19 heavy (non-hydrogen) atoms. The lowest BCUT2D eigenvalue weighted by atomic mass is 10.1. The molecule has 0 radical (unpaired) electrons. The highest BCUT2D eigenvalue weighted by Crippen LogP contribution is 2.27. The number of nitrogens with zero attached hydrogens (tertiary/aromatic N) is 1. The summed E-state index contributed by atoms with van der Waals surface area (Å²) in [6.07, 6.45) is 5.63. The molecule has 100 valence electrons. The minimum absolute atomic E-state index is 0.675. The largest absolute Gasteiger partial charge is 0.370 e. The van der Waals surface area contributed by atoms with Gasteiger partial charge in [-0.05, 0) is 37.9 Å². The first-order valence-electron chi connectivity index (χ1n) is 6.85. The van der Waals surface area contributed by atoms with Crippen molar-refractivity contribution in [3.63, 3.8) is 0 Å². The van der Waals surface area contributed by atoms with E-state index in [2.05, 4.69) is 49.7 Å². The molecule has 2 heterocycles. The fourth-order valence-corrected chi connectivity index (χ4v) is 3.18. The lowest BCUT2D eigenvalue weighted by molar-refractivity contribution is 0.574. The molecule has 3 nitrogen and oxygen atoms in total. The van der Waals surface area contributed by atoms with Crippen LogP contribution in [0.3, 0.4) is 0 Å². The van der Waals surface area contributed by atoms with E-state index in [1.165, 1.54) is 30.2 Å². The van der Waals surface area contributed by atoms with E-state index in [4.69, 9.17) is 0 Å². The zero-order chi connectivity index (χ0) is 13.1. The molecular formula is C15H18BrN3. The van der Waals surface area contributed by atoms with Crippen molar-refractivity contribution >= 4 is 32.5 Å². The Labute approximate surface area is 121 Å². The van der Waals surface area contributed by atoms with Crippen molar-refractivity contribution in [2.45, 2.75) is 25.3 Å². The van der Waals surface area contributed by atoms with Crippen LogP contribution in [0.15, 0.2) is 34.9 Å². The molecule has 0 amide bonds. The molecule has 2 N–H and O–H groups in total. The minimum atomic E-state index is 0.675. The third-order valence-corrected chi connectivity index (χ3v) is 4.39. The average molecular weight is 320 g/mol. The molecule has 1 aromatic carbocycles. The van der Waals surface area contributed by atoms with Gasteiger partial charge >= 0.3 is 0 Å². The predicted octanol–water partition coefficient (Wildman–Crippen LogP) is 3.55. The molecule has 1 atom stereocenters. The van der Waals surface area contributed by atoms with E-state index in [9.17, 15) is 0 Å². The van der Waals surface area contributed by atoms with Crippen LogP contribution >= 0.6 is 15.9 Å². The lowest BCUT2D eigenvalue weighted by Crippen LogP contribution is -2.24. The van der Waals surface area contributed by atoms with Crippen LogP contribution in [0.5, 0.6) is 0 Å². The molecule has 0 bridgehead atoms. The van der Waals surface area contributed by atoms with Gasteiger partial charge in [0, 0.05) is 34.0 Å². The molecule has 1 saturated heterocycles. The van der Waals surface area contributed by atoms with E-state index >= 15 is 0 Å². The van der Waals surface area contributed by atoms with E-state index in [1.807, 2.05) is 12.3 Å². The van der Waals surface area contributed by atoms with Gasteiger partial charge in [-0.1, -0.05) is 28.1 Å². The third-order valence-electron chi connectivity index (χ3n) is 3.70. The van der Waals surface area contributed by atoms with Crippen LogP contribution in [0.4, 0.5) is 5.82 Å². The summed E-state index contributed by atoms with van der Waals surface area (Å²) >= 11 is 3.59. The first kappa shape index (κ1) is 12.9. The van der Waals surface area contributed by atoms with Crippen LogP contribution in [0, 0.1) is 0 Å². The summed E-state index contributed by atoms with van der Waals surface area (Å²) < 4.78 is 1.12. The van der Waals surface area contributed by atoms with Gasteiger partial charge in [0.2, 0.25) is 0 Å². The van der Waals surface area contributed by atoms with Crippen molar-refractivity contribution in [1.82, 2.24) is 10.3 Å². The van der Waals surface area contributed by atoms with Crippen LogP contribution in [0.2, 0.25) is 0 Å². The highest BCUT2D eigenvalue weighted by atomic mass is 79.9. The standard InChI is InChI=1S/C15H18BrN3/c16-14-5-1-4-13-12(14)7-10-19-15(13)18-9-6-11-3-2-8-17-11/h1,4-5,7,10-11,17H,2-3,6,8-9H2,(H,18,19). The number of hydrogen-bond donors (Lipinski definition) is 2. The molecule has 2 aromatic rings. The van der Waals surface area contributed by atoms with Crippen molar-refractivity contribution in [1.29, 1.82) is 0 Å². The quantitative estimate of drug-likeness (QED) is 0.904. The van der Waals surface area contributed by atoms with Gasteiger partial charge in [0.25, 0.3) is 0 Å². The van der Waals surface area contributed by atoms with Crippen molar-refractivity contribution in [2.24, 2.45) is 0 Å². The monoisotopic (exact) mass is 319 g/mol. The Balaban J connectivity index is 1.72.